The van der Waals surface area contributed by atoms with Crippen molar-refractivity contribution in [3.63, 3.8) is 0 Å². The van der Waals surface area contributed by atoms with Gasteiger partial charge in [0.15, 0.2) is 0 Å². The maximum Gasteiger partial charge on any atom is 0.251 e. The van der Waals surface area contributed by atoms with Gasteiger partial charge in [0.1, 0.15) is 6.10 Å². The number of hydrogen-bond donors (Lipinski definition) is 0. The van der Waals surface area contributed by atoms with Crippen LogP contribution in [0.25, 0.3) is 0 Å². The number of carbonyl (C=O) groups excluding carboxylic acids is 1. The summed E-state index contributed by atoms with van der Waals surface area (Å²) in [6.07, 6.45) is 6.93. The van der Waals surface area contributed by atoms with E-state index in [1.54, 1.807) is 0 Å². The zero-order chi connectivity index (χ0) is 15.4. The molecule has 3 heterocycles. The van der Waals surface area contributed by atoms with Gasteiger partial charge in [-0.3, -0.25) is 4.79 Å². The van der Waals surface area contributed by atoms with E-state index in [1.165, 1.54) is 25.9 Å². The van der Waals surface area contributed by atoms with Crippen molar-refractivity contribution in [1.29, 1.82) is 0 Å². The molecule has 0 saturated carbocycles. The Balaban J connectivity index is 1.38. The summed E-state index contributed by atoms with van der Waals surface area (Å²) < 4.78 is 11.3. The van der Waals surface area contributed by atoms with Gasteiger partial charge >= 0.3 is 0 Å². The van der Waals surface area contributed by atoms with Crippen LogP contribution >= 0.6 is 0 Å². The van der Waals surface area contributed by atoms with Gasteiger partial charge in [-0.15, -0.1) is 0 Å². The molecule has 3 rings (SSSR count). The molecule has 3 saturated heterocycles. The summed E-state index contributed by atoms with van der Waals surface area (Å²) in [5.41, 5.74) is 0. The highest BCUT2D eigenvalue weighted by atomic mass is 16.5. The van der Waals surface area contributed by atoms with Gasteiger partial charge < -0.3 is 19.3 Å². The molecule has 0 aromatic carbocycles. The average molecular weight is 310 g/mol. The van der Waals surface area contributed by atoms with Crippen molar-refractivity contribution in [1.82, 2.24) is 9.80 Å². The average Bonchev–Trinajstić information content (AvgIpc) is 3.25. The minimum absolute atomic E-state index is 0.151. The van der Waals surface area contributed by atoms with E-state index in [-0.39, 0.29) is 18.1 Å². The summed E-state index contributed by atoms with van der Waals surface area (Å²) in [7, 11) is 0. The van der Waals surface area contributed by atoms with E-state index in [2.05, 4.69) is 4.90 Å². The molecule has 0 spiro atoms. The van der Waals surface area contributed by atoms with Crippen LogP contribution in [0.5, 0.6) is 0 Å². The van der Waals surface area contributed by atoms with Crippen LogP contribution in [-0.4, -0.2) is 73.3 Å². The van der Waals surface area contributed by atoms with Gasteiger partial charge in [0.05, 0.1) is 12.7 Å². The number of amides is 1. The van der Waals surface area contributed by atoms with E-state index in [9.17, 15) is 4.79 Å². The maximum absolute atomic E-state index is 12.5. The van der Waals surface area contributed by atoms with Crippen LogP contribution in [-0.2, 0) is 14.3 Å². The molecule has 22 heavy (non-hydrogen) atoms. The minimum atomic E-state index is -0.340. The van der Waals surface area contributed by atoms with E-state index in [0.29, 0.717) is 12.6 Å². The first-order valence-corrected chi connectivity index (χ1v) is 9.00. The maximum atomic E-state index is 12.5. The molecule has 0 aromatic heterocycles. The summed E-state index contributed by atoms with van der Waals surface area (Å²) in [6.45, 7) is 7.53. The second-order valence-corrected chi connectivity index (χ2v) is 6.91. The van der Waals surface area contributed by atoms with E-state index < -0.39 is 0 Å². The number of ether oxygens (including phenoxy) is 2. The van der Waals surface area contributed by atoms with Crippen LogP contribution < -0.4 is 0 Å². The van der Waals surface area contributed by atoms with Crippen molar-refractivity contribution < 1.29 is 14.3 Å². The lowest BCUT2D eigenvalue weighted by molar-refractivity contribution is -0.146. The molecular weight excluding hydrogens is 280 g/mol. The third-order valence-electron chi connectivity index (χ3n) is 5.34. The fourth-order valence-electron chi connectivity index (χ4n) is 3.91. The van der Waals surface area contributed by atoms with Crippen LogP contribution in [0.3, 0.4) is 0 Å². The molecule has 3 aliphatic heterocycles. The second-order valence-electron chi connectivity index (χ2n) is 6.91. The summed E-state index contributed by atoms with van der Waals surface area (Å²) in [5.74, 6) is 0.151. The monoisotopic (exact) mass is 310 g/mol. The summed E-state index contributed by atoms with van der Waals surface area (Å²) in [4.78, 5) is 17.1. The Morgan fingerprint density at radius 3 is 2.50 bits per heavy atom. The van der Waals surface area contributed by atoms with Crippen molar-refractivity contribution >= 4 is 5.91 Å². The Hall–Kier alpha value is -0.650. The molecule has 0 radical (unpaired) electrons. The molecule has 0 N–H and O–H groups in total. The predicted molar refractivity (Wildman–Crippen MR) is 84.8 cm³/mol. The van der Waals surface area contributed by atoms with Gasteiger partial charge in [-0.05, 0) is 58.5 Å². The standard InChI is InChI=1S/C17H30N2O3/c1-14(22-13-16-5-4-12-21-16)17(20)19-10-6-15(7-11-19)18-8-2-3-9-18/h14-16H,2-13H2,1H3/t14-,16+/m0/s1. The molecule has 5 heteroatoms. The first-order chi connectivity index (χ1) is 10.7. The van der Waals surface area contributed by atoms with Crippen molar-refractivity contribution in [3.05, 3.63) is 0 Å². The molecule has 3 aliphatic rings. The molecule has 5 nitrogen and oxygen atoms in total. The highest BCUT2D eigenvalue weighted by Gasteiger charge is 2.30. The molecule has 2 atom stereocenters. The van der Waals surface area contributed by atoms with Gasteiger partial charge in [-0.1, -0.05) is 0 Å². The smallest absolute Gasteiger partial charge is 0.251 e. The van der Waals surface area contributed by atoms with Gasteiger partial charge in [-0.2, -0.15) is 0 Å². The Morgan fingerprint density at radius 2 is 1.86 bits per heavy atom. The van der Waals surface area contributed by atoms with Gasteiger partial charge in [0.25, 0.3) is 5.91 Å². The topological polar surface area (TPSA) is 42.0 Å². The van der Waals surface area contributed by atoms with Crippen molar-refractivity contribution in [2.75, 3.05) is 39.4 Å². The number of rotatable bonds is 5. The third kappa shape index (κ3) is 4.00. The Labute approximate surface area is 133 Å². The Bertz CT molecular complexity index is 357. The number of hydrogen-bond acceptors (Lipinski definition) is 4. The van der Waals surface area contributed by atoms with Crippen LogP contribution in [0.1, 0.15) is 45.4 Å². The van der Waals surface area contributed by atoms with E-state index in [0.717, 1.165) is 45.4 Å². The normalized spacial score (nSPS) is 29.1. The Morgan fingerprint density at radius 1 is 1.14 bits per heavy atom. The van der Waals surface area contributed by atoms with E-state index in [1.807, 2.05) is 11.8 Å². The lowest BCUT2D eigenvalue weighted by Crippen LogP contribution is -2.48. The van der Waals surface area contributed by atoms with E-state index >= 15 is 0 Å². The van der Waals surface area contributed by atoms with Crippen LogP contribution in [0.15, 0.2) is 0 Å². The zero-order valence-electron chi connectivity index (χ0n) is 13.8. The minimum Gasteiger partial charge on any atom is -0.376 e. The highest BCUT2D eigenvalue weighted by Crippen LogP contribution is 2.22. The Kier molecular flexibility index (Phi) is 5.71. The number of piperidine rings is 1. The van der Waals surface area contributed by atoms with Crippen LogP contribution in [0.4, 0.5) is 0 Å². The van der Waals surface area contributed by atoms with Gasteiger partial charge in [0.2, 0.25) is 0 Å². The number of carbonyl (C=O) groups is 1. The predicted octanol–water partition coefficient (Wildman–Crippen LogP) is 1.66. The lowest BCUT2D eigenvalue weighted by atomic mass is 10.0. The quantitative estimate of drug-likeness (QED) is 0.774. The molecule has 1 amide bonds. The molecule has 0 aromatic rings. The highest BCUT2D eigenvalue weighted by molar-refractivity contribution is 5.80. The molecule has 3 fully saturated rings. The van der Waals surface area contributed by atoms with Crippen molar-refractivity contribution in [3.8, 4) is 0 Å². The summed E-state index contributed by atoms with van der Waals surface area (Å²) >= 11 is 0. The second kappa shape index (κ2) is 7.75. The van der Waals surface area contributed by atoms with E-state index in [4.69, 9.17) is 9.47 Å². The number of likely N-dealkylation sites (tertiary alicyclic amines) is 2. The molecule has 0 bridgehead atoms. The lowest BCUT2D eigenvalue weighted by Gasteiger charge is -2.37. The van der Waals surface area contributed by atoms with Gasteiger partial charge in [-0.25, -0.2) is 0 Å². The molecule has 0 unspecified atom stereocenters. The first kappa shape index (κ1) is 16.2. The fourth-order valence-corrected chi connectivity index (χ4v) is 3.91. The van der Waals surface area contributed by atoms with Crippen molar-refractivity contribution in [2.45, 2.75) is 63.7 Å². The SMILES string of the molecule is C[C@H](OC[C@H]1CCCO1)C(=O)N1CCC(N2CCCC2)CC1. The fraction of sp³-hybridized carbons (Fsp3) is 0.941. The van der Waals surface area contributed by atoms with Crippen LogP contribution in [0.2, 0.25) is 0 Å². The summed E-state index contributed by atoms with van der Waals surface area (Å²) in [5, 5.41) is 0. The first-order valence-electron chi connectivity index (χ1n) is 9.00. The molecular formula is C17H30N2O3. The largest absolute Gasteiger partial charge is 0.376 e. The number of nitrogens with zero attached hydrogens (tertiary/aromatic N) is 2. The third-order valence-corrected chi connectivity index (χ3v) is 5.34. The van der Waals surface area contributed by atoms with Crippen LogP contribution in [0, 0.1) is 0 Å². The van der Waals surface area contributed by atoms with Crippen molar-refractivity contribution in [2.24, 2.45) is 0 Å². The molecule has 0 aliphatic carbocycles. The zero-order valence-corrected chi connectivity index (χ0v) is 13.8. The summed E-state index contributed by atoms with van der Waals surface area (Å²) in [6, 6.07) is 0.690. The van der Waals surface area contributed by atoms with Gasteiger partial charge in [0, 0.05) is 25.7 Å². The molecule has 126 valence electrons.